The molecule has 0 saturated carbocycles. The fourth-order valence-corrected chi connectivity index (χ4v) is 4.37. The Bertz CT molecular complexity index is 1150. The quantitative estimate of drug-likeness (QED) is 0.661. The summed E-state index contributed by atoms with van der Waals surface area (Å²) in [4.78, 5) is 9.39. The second-order valence-corrected chi connectivity index (χ2v) is 8.04. The molecule has 0 N–H and O–H groups in total. The van der Waals surface area contributed by atoms with E-state index in [1.54, 1.807) is 6.20 Å². The molecule has 30 heavy (non-hydrogen) atoms. The molecule has 3 aromatic rings. The molecule has 0 amide bonds. The summed E-state index contributed by atoms with van der Waals surface area (Å²) in [7, 11) is 0. The predicted molar refractivity (Wildman–Crippen MR) is 119 cm³/mol. The maximum absolute atomic E-state index is 9.76. The lowest BCUT2D eigenvalue weighted by Crippen LogP contribution is -2.31. The summed E-state index contributed by atoms with van der Waals surface area (Å²) in [6.45, 7) is 8.79. The summed E-state index contributed by atoms with van der Waals surface area (Å²) >= 11 is 0. The molecule has 0 unspecified atom stereocenters. The molecular weight excluding hydrogens is 370 g/mol. The fourth-order valence-electron chi connectivity index (χ4n) is 4.37. The minimum atomic E-state index is 0.646. The number of pyridine rings is 1. The van der Waals surface area contributed by atoms with Gasteiger partial charge in [-0.05, 0) is 49.6 Å². The summed E-state index contributed by atoms with van der Waals surface area (Å²) in [6, 6.07) is 16.7. The number of fused-ring (bicyclic) bond motifs is 1. The zero-order valence-electron chi connectivity index (χ0n) is 17.5. The van der Waals surface area contributed by atoms with Crippen LogP contribution in [0.4, 0.5) is 5.69 Å². The highest BCUT2D eigenvalue weighted by Gasteiger charge is 2.21. The van der Waals surface area contributed by atoms with Gasteiger partial charge in [-0.25, -0.2) is 0 Å². The smallest absolute Gasteiger partial charge is 0.103 e. The van der Waals surface area contributed by atoms with E-state index in [0.717, 1.165) is 61.3 Å². The molecular formula is C25H25N5. The number of anilines is 1. The number of hydrogen-bond donors (Lipinski definition) is 0. The average Bonchev–Trinajstić information content (AvgIpc) is 2.98. The van der Waals surface area contributed by atoms with Gasteiger partial charge in [-0.3, -0.25) is 9.88 Å². The van der Waals surface area contributed by atoms with Crippen molar-refractivity contribution < 1.29 is 0 Å². The number of hydrogen-bond acceptors (Lipinski definition) is 5. The lowest BCUT2D eigenvalue weighted by Gasteiger charge is -2.26. The third kappa shape index (κ3) is 3.99. The van der Waals surface area contributed by atoms with Gasteiger partial charge in [0, 0.05) is 44.3 Å². The molecule has 0 bridgehead atoms. The second kappa shape index (κ2) is 8.53. The van der Waals surface area contributed by atoms with Crippen LogP contribution >= 0.6 is 0 Å². The van der Waals surface area contributed by atoms with Gasteiger partial charge in [0.1, 0.15) is 6.07 Å². The van der Waals surface area contributed by atoms with Crippen molar-refractivity contribution in [1.29, 1.82) is 10.5 Å². The summed E-state index contributed by atoms with van der Waals surface area (Å²) in [5, 5.41) is 19.8. The van der Waals surface area contributed by atoms with Crippen LogP contribution in [0.15, 0.2) is 42.6 Å². The van der Waals surface area contributed by atoms with E-state index in [1.165, 1.54) is 11.1 Å². The summed E-state index contributed by atoms with van der Waals surface area (Å²) < 4.78 is 0. The maximum Gasteiger partial charge on any atom is 0.103 e. The van der Waals surface area contributed by atoms with Crippen molar-refractivity contribution in [2.24, 2.45) is 0 Å². The maximum atomic E-state index is 9.76. The molecule has 2 heterocycles. The third-order valence-electron chi connectivity index (χ3n) is 5.79. The van der Waals surface area contributed by atoms with Crippen LogP contribution in [0.2, 0.25) is 0 Å². The Kier molecular flexibility index (Phi) is 5.65. The summed E-state index contributed by atoms with van der Waals surface area (Å²) in [6.07, 6.45) is 2.76. The van der Waals surface area contributed by atoms with Crippen molar-refractivity contribution in [3.63, 3.8) is 0 Å². The van der Waals surface area contributed by atoms with E-state index < -0.39 is 0 Å². The molecule has 4 rings (SSSR count). The van der Waals surface area contributed by atoms with E-state index in [-0.39, 0.29) is 0 Å². The van der Waals surface area contributed by atoms with Crippen molar-refractivity contribution in [2.75, 3.05) is 31.1 Å². The Balaban J connectivity index is 1.59. The highest BCUT2D eigenvalue weighted by atomic mass is 15.2. The molecule has 0 radical (unpaired) electrons. The van der Waals surface area contributed by atoms with E-state index in [9.17, 15) is 5.26 Å². The monoisotopic (exact) mass is 395 g/mol. The van der Waals surface area contributed by atoms with Gasteiger partial charge in [0.25, 0.3) is 0 Å². The Labute approximate surface area is 177 Å². The molecule has 1 aliphatic heterocycles. The van der Waals surface area contributed by atoms with Crippen LogP contribution in [0.1, 0.15) is 34.2 Å². The van der Waals surface area contributed by atoms with E-state index in [2.05, 4.69) is 52.9 Å². The molecule has 5 nitrogen and oxygen atoms in total. The van der Waals surface area contributed by atoms with Crippen molar-refractivity contribution in [1.82, 2.24) is 9.88 Å². The van der Waals surface area contributed by atoms with Gasteiger partial charge in [0.05, 0.1) is 28.4 Å². The number of benzene rings is 2. The SMILES string of the molecule is Cc1cc(C)c2ncc(C#N)c(N3CCCN(Cc4ccc(C#N)cc4)CC3)c2c1. The number of rotatable bonds is 3. The van der Waals surface area contributed by atoms with E-state index in [0.29, 0.717) is 11.1 Å². The first-order valence-corrected chi connectivity index (χ1v) is 10.4. The largest absolute Gasteiger partial charge is 0.369 e. The lowest BCUT2D eigenvalue weighted by molar-refractivity contribution is 0.285. The minimum Gasteiger partial charge on any atom is -0.369 e. The molecule has 0 aliphatic carbocycles. The molecule has 1 aliphatic rings. The number of nitriles is 2. The first-order chi connectivity index (χ1) is 14.6. The molecule has 150 valence electrons. The third-order valence-corrected chi connectivity index (χ3v) is 5.79. The van der Waals surface area contributed by atoms with Crippen LogP contribution in [-0.4, -0.2) is 36.1 Å². The highest BCUT2D eigenvalue weighted by Crippen LogP contribution is 2.32. The number of nitrogens with zero attached hydrogens (tertiary/aromatic N) is 5. The van der Waals surface area contributed by atoms with Crippen LogP contribution in [-0.2, 0) is 6.54 Å². The van der Waals surface area contributed by atoms with Gasteiger partial charge in [-0.1, -0.05) is 23.8 Å². The molecule has 0 atom stereocenters. The van der Waals surface area contributed by atoms with Crippen LogP contribution in [0.25, 0.3) is 10.9 Å². The van der Waals surface area contributed by atoms with E-state index in [1.807, 2.05) is 24.3 Å². The van der Waals surface area contributed by atoms with Crippen molar-refractivity contribution in [3.05, 3.63) is 70.4 Å². The average molecular weight is 396 g/mol. The van der Waals surface area contributed by atoms with Crippen molar-refractivity contribution in [3.8, 4) is 12.1 Å². The highest BCUT2D eigenvalue weighted by molar-refractivity contribution is 5.96. The Morgan fingerprint density at radius 3 is 2.50 bits per heavy atom. The van der Waals surface area contributed by atoms with Crippen LogP contribution in [0.3, 0.4) is 0 Å². The number of aryl methyl sites for hydroxylation is 2. The molecule has 0 spiro atoms. The normalized spacial score (nSPS) is 14.9. The van der Waals surface area contributed by atoms with Gasteiger partial charge in [0.15, 0.2) is 0 Å². The number of aromatic nitrogens is 1. The Hall–Kier alpha value is -3.41. The van der Waals surface area contributed by atoms with E-state index >= 15 is 0 Å². The van der Waals surface area contributed by atoms with Gasteiger partial charge in [0.2, 0.25) is 0 Å². The summed E-state index contributed by atoms with van der Waals surface area (Å²) in [5.74, 6) is 0. The lowest BCUT2D eigenvalue weighted by atomic mass is 10.0. The predicted octanol–water partition coefficient (Wildman–Crippen LogP) is 4.31. The van der Waals surface area contributed by atoms with Crippen LogP contribution < -0.4 is 4.90 Å². The van der Waals surface area contributed by atoms with Crippen LogP contribution in [0, 0.1) is 36.5 Å². The zero-order valence-corrected chi connectivity index (χ0v) is 17.5. The molecule has 1 fully saturated rings. The zero-order chi connectivity index (χ0) is 21.1. The molecule has 5 heteroatoms. The van der Waals surface area contributed by atoms with Gasteiger partial charge >= 0.3 is 0 Å². The van der Waals surface area contributed by atoms with Crippen LogP contribution in [0.5, 0.6) is 0 Å². The Morgan fingerprint density at radius 2 is 1.77 bits per heavy atom. The minimum absolute atomic E-state index is 0.646. The van der Waals surface area contributed by atoms with Gasteiger partial charge in [-0.2, -0.15) is 10.5 Å². The Morgan fingerprint density at radius 1 is 0.967 bits per heavy atom. The molecule has 1 aromatic heterocycles. The fraction of sp³-hybridized carbons (Fsp3) is 0.320. The van der Waals surface area contributed by atoms with Gasteiger partial charge in [-0.15, -0.1) is 0 Å². The van der Waals surface area contributed by atoms with Crippen molar-refractivity contribution >= 4 is 16.6 Å². The first-order valence-electron chi connectivity index (χ1n) is 10.4. The van der Waals surface area contributed by atoms with E-state index in [4.69, 9.17) is 5.26 Å². The standard InChI is InChI=1S/C25H25N5/c1-18-12-19(2)24-23(13-18)25(22(15-27)16-28-24)30-9-3-8-29(10-11-30)17-21-6-4-20(14-26)5-7-21/h4-7,12-13,16H,3,8-11,17H2,1-2H3. The van der Waals surface area contributed by atoms with Gasteiger partial charge < -0.3 is 4.90 Å². The second-order valence-electron chi connectivity index (χ2n) is 8.04. The van der Waals surface area contributed by atoms with Crippen molar-refractivity contribution in [2.45, 2.75) is 26.8 Å². The molecule has 1 saturated heterocycles. The summed E-state index contributed by atoms with van der Waals surface area (Å²) in [5.41, 5.74) is 6.90. The molecule has 2 aromatic carbocycles. The first kappa shape index (κ1) is 19.9. The topological polar surface area (TPSA) is 67.0 Å².